The molecule has 2 rings (SSSR count). The monoisotopic (exact) mass is 309 g/mol. The predicted molar refractivity (Wildman–Crippen MR) is 81.7 cm³/mol. The maximum absolute atomic E-state index is 11.0. The molecule has 2 unspecified atom stereocenters. The van der Waals surface area contributed by atoms with Gasteiger partial charge in [-0.25, -0.2) is 0 Å². The minimum absolute atomic E-state index is 0.102. The molecular weight excluding hydrogens is 286 g/mol. The van der Waals surface area contributed by atoms with Crippen LogP contribution in [0.1, 0.15) is 25.5 Å². The summed E-state index contributed by atoms with van der Waals surface area (Å²) in [7, 11) is 0. The van der Waals surface area contributed by atoms with Gasteiger partial charge < -0.3 is 24.6 Å². The summed E-state index contributed by atoms with van der Waals surface area (Å²) in [5.74, 6) is -0.179. The third-order valence-electron chi connectivity index (χ3n) is 3.78. The molecule has 22 heavy (non-hydrogen) atoms. The van der Waals surface area contributed by atoms with E-state index in [4.69, 9.17) is 9.47 Å². The molecule has 1 fully saturated rings. The molecule has 6 nitrogen and oxygen atoms in total. The summed E-state index contributed by atoms with van der Waals surface area (Å²) < 4.78 is 10.2. The Balaban J connectivity index is 2.02. The van der Waals surface area contributed by atoms with Crippen LogP contribution in [0.5, 0.6) is 0 Å². The van der Waals surface area contributed by atoms with Crippen molar-refractivity contribution in [2.24, 2.45) is 0 Å². The molecule has 1 heterocycles. The molecule has 0 amide bonds. The smallest absolute Gasteiger partial charge is 0.187 e. The molecule has 0 aromatic heterocycles. The molecule has 1 saturated heterocycles. The zero-order valence-corrected chi connectivity index (χ0v) is 12.9. The van der Waals surface area contributed by atoms with Crippen molar-refractivity contribution < 1.29 is 24.5 Å². The van der Waals surface area contributed by atoms with Crippen molar-refractivity contribution in [2.75, 3.05) is 31.2 Å². The van der Waals surface area contributed by atoms with E-state index in [1.807, 2.05) is 12.1 Å². The molecule has 0 radical (unpaired) electrons. The van der Waals surface area contributed by atoms with Crippen LogP contribution in [0, 0.1) is 0 Å². The molecule has 0 aliphatic carbocycles. The van der Waals surface area contributed by atoms with E-state index >= 15 is 0 Å². The zero-order valence-electron chi connectivity index (χ0n) is 12.9. The third-order valence-corrected chi connectivity index (χ3v) is 3.78. The highest BCUT2D eigenvalue weighted by Gasteiger charge is 2.32. The molecule has 1 aliphatic rings. The summed E-state index contributed by atoms with van der Waals surface area (Å²) in [6.07, 6.45) is -3.37. The standard InChI is InChI=1S/C16H23NO5/c1-3-17(4-2)12-7-5-11(6-8-12)14(19)15(20)16-21-9-13(18)10-22-16/h5-8,14-16,19-20H,3-4,9-10H2,1-2H3. The van der Waals surface area contributed by atoms with E-state index in [0.29, 0.717) is 5.56 Å². The van der Waals surface area contributed by atoms with Gasteiger partial charge in [-0.05, 0) is 31.5 Å². The van der Waals surface area contributed by atoms with Crippen molar-refractivity contribution in [3.05, 3.63) is 29.8 Å². The largest absolute Gasteiger partial charge is 0.385 e. The van der Waals surface area contributed by atoms with E-state index in [1.54, 1.807) is 12.1 Å². The number of aliphatic hydroxyl groups excluding tert-OH is 2. The van der Waals surface area contributed by atoms with Crippen LogP contribution >= 0.6 is 0 Å². The molecule has 122 valence electrons. The fourth-order valence-corrected chi connectivity index (χ4v) is 2.45. The van der Waals surface area contributed by atoms with Crippen LogP contribution in [0.25, 0.3) is 0 Å². The van der Waals surface area contributed by atoms with E-state index < -0.39 is 18.5 Å². The summed E-state index contributed by atoms with van der Waals surface area (Å²) in [6.45, 7) is 5.76. The molecular formula is C16H23NO5. The van der Waals surface area contributed by atoms with Gasteiger partial charge in [-0.1, -0.05) is 12.1 Å². The molecule has 2 atom stereocenters. The molecule has 1 aromatic carbocycles. The van der Waals surface area contributed by atoms with Crippen molar-refractivity contribution in [3.8, 4) is 0 Å². The van der Waals surface area contributed by atoms with Gasteiger partial charge in [0, 0.05) is 18.8 Å². The van der Waals surface area contributed by atoms with Gasteiger partial charge in [-0.2, -0.15) is 0 Å². The van der Waals surface area contributed by atoms with Crippen molar-refractivity contribution in [2.45, 2.75) is 32.3 Å². The average Bonchev–Trinajstić information content (AvgIpc) is 2.56. The lowest BCUT2D eigenvalue weighted by Crippen LogP contribution is -2.42. The quantitative estimate of drug-likeness (QED) is 0.812. The topological polar surface area (TPSA) is 79.2 Å². The second kappa shape index (κ2) is 7.69. The molecule has 1 aliphatic heterocycles. The number of hydrogen-bond acceptors (Lipinski definition) is 6. The Bertz CT molecular complexity index is 476. The minimum atomic E-state index is -1.24. The zero-order chi connectivity index (χ0) is 16.1. The van der Waals surface area contributed by atoms with Gasteiger partial charge in [0.2, 0.25) is 0 Å². The minimum Gasteiger partial charge on any atom is -0.385 e. The predicted octanol–water partition coefficient (Wildman–Crippen LogP) is 0.869. The Morgan fingerprint density at radius 2 is 1.68 bits per heavy atom. The van der Waals surface area contributed by atoms with Gasteiger partial charge in [0.05, 0.1) is 0 Å². The third kappa shape index (κ3) is 3.84. The number of anilines is 1. The average molecular weight is 309 g/mol. The van der Waals surface area contributed by atoms with Crippen molar-refractivity contribution >= 4 is 11.5 Å². The highest BCUT2D eigenvalue weighted by atomic mass is 16.7. The number of hydrogen-bond donors (Lipinski definition) is 2. The molecule has 6 heteroatoms. The summed E-state index contributed by atoms with van der Waals surface area (Å²) in [4.78, 5) is 13.2. The highest BCUT2D eigenvalue weighted by molar-refractivity contribution is 5.81. The fraction of sp³-hybridized carbons (Fsp3) is 0.562. The maximum Gasteiger partial charge on any atom is 0.187 e. The van der Waals surface area contributed by atoms with Crippen LogP contribution in [0.15, 0.2) is 24.3 Å². The van der Waals surface area contributed by atoms with Crippen molar-refractivity contribution in [3.63, 3.8) is 0 Å². The first-order valence-corrected chi connectivity index (χ1v) is 7.52. The van der Waals surface area contributed by atoms with Gasteiger partial charge >= 0.3 is 0 Å². The Labute approximate surface area is 130 Å². The summed E-state index contributed by atoms with van der Waals surface area (Å²) >= 11 is 0. The van der Waals surface area contributed by atoms with Gasteiger partial charge in [0.1, 0.15) is 25.4 Å². The Hall–Kier alpha value is -1.47. The van der Waals surface area contributed by atoms with Gasteiger partial charge in [0.25, 0.3) is 0 Å². The van der Waals surface area contributed by atoms with Crippen LogP contribution in [-0.4, -0.2) is 54.7 Å². The first-order valence-electron chi connectivity index (χ1n) is 7.52. The van der Waals surface area contributed by atoms with Gasteiger partial charge in [0.15, 0.2) is 12.1 Å². The Kier molecular flexibility index (Phi) is 5.90. The van der Waals surface area contributed by atoms with Crippen molar-refractivity contribution in [1.29, 1.82) is 0 Å². The number of carbonyl (C=O) groups is 1. The summed E-state index contributed by atoms with van der Waals surface area (Å²) in [5, 5.41) is 20.4. The first-order chi connectivity index (χ1) is 10.6. The lowest BCUT2D eigenvalue weighted by Gasteiger charge is -2.29. The van der Waals surface area contributed by atoms with Crippen LogP contribution in [0.3, 0.4) is 0 Å². The van der Waals surface area contributed by atoms with E-state index in [0.717, 1.165) is 18.8 Å². The number of Topliss-reactive ketones (excluding diaryl/α,β-unsaturated/α-hetero) is 1. The molecule has 1 aromatic rings. The van der Waals surface area contributed by atoms with Gasteiger partial charge in [-0.15, -0.1) is 0 Å². The first kappa shape index (κ1) is 16.9. The van der Waals surface area contributed by atoms with Crippen LogP contribution in [0.4, 0.5) is 5.69 Å². The lowest BCUT2D eigenvalue weighted by atomic mass is 10.0. The van der Waals surface area contributed by atoms with Gasteiger partial charge in [-0.3, -0.25) is 4.79 Å². The number of rotatable bonds is 6. The van der Waals surface area contributed by atoms with E-state index in [2.05, 4.69) is 18.7 Å². The number of benzene rings is 1. The number of ketones is 1. The van der Waals surface area contributed by atoms with Crippen molar-refractivity contribution in [1.82, 2.24) is 0 Å². The van der Waals surface area contributed by atoms with Crippen LogP contribution in [-0.2, 0) is 14.3 Å². The molecule has 0 saturated carbocycles. The number of nitrogens with zero attached hydrogens (tertiary/aromatic N) is 1. The molecule has 0 bridgehead atoms. The normalized spacial score (nSPS) is 19.0. The fourth-order valence-electron chi connectivity index (χ4n) is 2.45. The number of aliphatic hydroxyl groups is 2. The Morgan fingerprint density at radius 1 is 1.14 bits per heavy atom. The van der Waals surface area contributed by atoms with Crippen LogP contribution in [0.2, 0.25) is 0 Å². The lowest BCUT2D eigenvalue weighted by molar-refractivity contribution is -0.233. The second-order valence-corrected chi connectivity index (χ2v) is 5.23. The van der Waals surface area contributed by atoms with E-state index in [1.165, 1.54) is 0 Å². The summed E-state index contributed by atoms with van der Waals surface area (Å²) in [5.41, 5.74) is 1.64. The Morgan fingerprint density at radius 3 is 2.18 bits per heavy atom. The summed E-state index contributed by atoms with van der Waals surface area (Å²) in [6, 6.07) is 7.36. The number of carbonyl (C=O) groups excluding carboxylic acids is 1. The van der Waals surface area contributed by atoms with E-state index in [9.17, 15) is 15.0 Å². The SMILES string of the molecule is CCN(CC)c1ccc(C(O)C(O)C2OCC(=O)CO2)cc1. The molecule has 0 spiro atoms. The molecule has 2 N–H and O–H groups in total. The number of ether oxygens (including phenoxy) is 2. The second-order valence-electron chi connectivity index (χ2n) is 5.23. The maximum atomic E-state index is 11.0. The van der Waals surface area contributed by atoms with Crippen LogP contribution < -0.4 is 4.90 Å². The van der Waals surface area contributed by atoms with E-state index in [-0.39, 0.29) is 19.0 Å². The highest BCUT2D eigenvalue weighted by Crippen LogP contribution is 2.24.